The molecular weight excluding hydrogens is 350 g/mol. The quantitative estimate of drug-likeness (QED) is 0.851. The number of nitrogens with zero attached hydrogens (tertiary/aromatic N) is 2. The summed E-state index contributed by atoms with van der Waals surface area (Å²) in [4.78, 5) is 29.7. The van der Waals surface area contributed by atoms with Gasteiger partial charge in [0.1, 0.15) is 0 Å². The van der Waals surface area contributed by atoms with E-state index in [2.05, 4.69) is 15.1 Å². The third-order valence-corrected chi connectivity index (χ3v) is 6.88. The maximum Gasteiger partial charge on any atom is 0.225 e. The molecule has 5 heteroatoms. The highest BCUT2D eigenvalue weighted by atomic mass is 16.2. The average molecular weight is 384 g/mol. The van der Waals surface area contributed by atoms with Crippen molar-refractivity contribution in [2.24, 2.45) is 11.8 Å². The average Bonchev–Trinajstić information content (AvgIpc) is 2.72. The largest absolute Gasteiger partial charge is 0.352 e. The van der Waals surface area contributed by atoms with Crippen LogP contribution in [0.2, 0.25) is 0 Å². The van der Waals surface area contributed by atoms with Gasteiger partial charge < -0.3 is 10.2 Å². The molecule has 2 aliphatic heterocycles. The Kier molecular flexibility index (Phi) is 6.30. The van der Waals surface area contributed by atoms with E-state index in [0.29, 0.717) is 24.4 Å². The summed E-state index contributed by atoms with van der Waals surface area (Å²) in [6.07, 6.45) is 7.57. The molecule has 28 heavy (non-hydrogen) atoms. The zero-order chi connectivity index (χ0) is 19.3. The van der Waals surface area contributed by atoms with Crippen molar-refractivity contribution in [3.05, 3.63) is 35.9 Å². The molecule has 2 saturated heterocycles. The Hall–Kier alpha value is -1.88. The molecule has 0 spiro atoms. The number of carbonyl (C=O) groups excluding carboxylic acids is 2. The van der Waals surface area contributed by atoms with Gasteiger partial charge in [0.25, 0.3) is 0 Å². The number of benzene rings is 1. The maximum absolute atomic E-state index is 12.7. The number of piperidine rings is 2. The van der Waals surface area contributed by atoms with E-state index in [-0.39, 0.29) is 11.8 Å². The summed E-state index contributed by atoms with van der Waals surface area (Å²) in [7, 11) is 0. The molecule has 1 N–H and O–H groups in total. The van der Waals surface area contributed by atoms with Crippen LogP contribution in [0.25, 0.3) is 0 Å². The molecule has 3 fully saturated rings. The lowest BCUT2D eigenvalue weighted by Gasteiger charge is -2.43. The fraction of sp³-hybridized carbons (Fsp3) is 0.652. The molecule has 152 valence electrons. The molecule has 1 saturated carbocycles. The molecule has 3 aliphatic rings. The lowest BCUT2D eigenvalue weighted by Crippen LogP contribution is -2.52. The van der Waals surface area contributed by atoms with Crippen LogP contribution < -0.4 is 5.32 Å². The lowest BCUT2D eigenvalue weighted by molar-refractivity contribution is -0.139. The van der Waals surface area contributed by atoms with Gasteiger partial charge in [0, 0.05) is 38.1 Å². The number of nitrogens with one attached hydrogen (secondary N) is 1. The van der Waals surface area contributed by atoms with Crippen molar-refractivity contribution in [2.45, 2.75) is 57.5 Å². The second kappa shape index (κ2) is 9.08. The van der Waals surface area contributed by atoms with E-state index in [0.717, 1.165) is 70.3 Å². The first-order valence-electron chi connectivity index (χ1n) is 11.0. The molecule has 1 aromatic rings. The van der Waals surface area contributed by atoms with Gasteiger partial charge in [-0.05, 0) is 50.6 Å². The second-order valence-corrected chi connectivity index (χ2v) is 8.72. The van der Waals surface area contributed by atoms with Gasteiger partial charge in [0.2, 0.25) is 11.8 Å². The van der Waals surface area contributed by atoms with Crippen LogP contribution in [0.3, 0.4) is 0 Å². The first-order chi connectivity index (χ1) is 13.7. The van der Waals surface area contributed by atoms with Gasteiger partial charge in [0.05, 0.1) is 5.92 Å². The van der Waals surface area contributed by atoms with Crippen molar-refractivity contribution in [3.63, 3.8) is 0 Å². The number of amides is 2. The summed E-state index contributed by atoms with van der Waals surface area (Å²) in [6, 6.07) is 10.6. The van der Waals surface area contributed by atoms with Crippen molar-refractivity contribution in [2.75, 3.05) is 26.2 Å². The first kappa shape index (κ1) is 19.4. The van der Waals surface area contributed by atoms with E-state index < -0.39 is 0 Å². The van der Waals surface area contributed by atoms with Gasteiger partial charge in [-0.3, -0.25) is 14.5 Å². The Morgan fingerprint density at radius 3 is 2.29 bits per heavy atom. The number of rotatable bonds is 5. The van der Waals surface area contributed by atoms with Gasteiger partial charge in [-0.25, -0.2) is 0 Å². The van der Waals surface area contributed by atoms with Crippen molar-refractivity contribution in [1.29, 1.82) is 0 Å². The summed E-state index contributed by atoms with van der Waals surface area (Å²) < 4.78 is 0. The normalized spacial score (nSPS) is 24.6. The van der Waals surface area contributed by atoms with Crippen LogP contribution in [-0.2, 0) is 16.1 Å². The molecule has 5 nitrogen and oxygen atoms in total. The molecule has 0 radical (unpaired) electrons. The summed E-state index contributed by atoms with van der Waals surface area (Å²) >= 11 is 0. The predicted molar refractivity (Wildman–Crippen MR) is 110 cm³/mol. The molecule has 0 aromatic heterocycles. The number of likely N-dealkylation sites (tertiary alicyclic amines) is 2. The SMILES string of the molecule is O=C(NCc1ccccc1)[C@H]1CCCN(C2CCN(C(=O)C3CCC3)CC2)C1. The number of hydrogen-bond donors (Lipinski definition) is 1. The molecule has 0 bridgehead atoms. The molecule has 1 aromatic carbocycles. The van der Waals surface area contributed by atoms with Crippen molar-refractivity contribution < 1.29 is 9.59 Å². The Morgan fingerprint density at radius 2 is 1.61 bits per heavy atom. The maximum atomic E-state index is 12.7. The third-order valence-electron chi connectivity index (χ3n) is 6.88. The fourth-order valence-corrected chi connectivity index (χ4v) is 4.85. The Labute approximate surface area is 168 Å². The van der Waals surface area contributed by atoms with Crippen LogP contribution in [0.1, 0.15) is 50.5 Å². The molecule has 1 atom stereocenters. The topological polar surface area (TPSA) is 52.7 Å². The minimum absolute atomic E-state index is 0.0899. The van der Waals surface area contributed by atoms with Crippen LogP contribution in [0, 0.1) is 11.8 Å². The van der Waals surface area contributed by atoms with E-state index >= 15 is 0 Å². The molecule has 2 amide bonds. The molecule has 0 unspecified atom stereocenters. The fourth-order valence-electron chi connectivity index (χ4n) is 4.85. The van der Waals surface area contributed by atoms with Gasteiger partial charge in [-0.1, -0.05) is 36.8 Å². The standard InChI is InChI=1S/C23H33N3O2/c27-22(24-16-18-6-2-1-3-7-18)20-10-5-13-26(17-20)21-11-14-25(15-12-21)23(28)19-8-4-9-19/h1-3,6-7,19-21H,4-5,8-17H2,(H,24,27)/t20-/m0/s1. The van der Waals surface area contributed by atoms with Gasteiger partial charge in [0.15, 0.2) is 0 Å². The smallest absolute Gasteiger partial charge is 0.225 e. The van der Waals surface area contributed by atoms with E-state index in [1.54, 1.807) is 0 Å². The summed E-state index contributed by atoms with van der Waals surface area (Å²) in [5.74, 6) is 0.976. The Balaban J connectivity index is 1.23. The van der Waals surface area contributed by atoms with Crippen molar-refractivity contribution in [1.82, 2.24) is 15.1 Å². The van der Waals surface area contributed by atoms with Crippen LogP contribution in [-0.4, -0.2) is 53.8 Å². The second-order valence-electron chi connectivity index (χ2n) is 8.72. The molecule has 2 heterocycles. The van der Waals surface area contributed by atoms with Crippen LogP contribution >= 0.6 is 0 Å². The van der Waals surface area contributed by atoms with E-state index in [9.17, 15) is 9.59 Å². The van der Waals surface area contributed by atoms with Crippen molar-refractivity contribution >= 4 is 11.8 Å². The van der Waals surface area contributed by atoms with Gasteiger partial charge in [-0.2, -0.15) is 0 Å². The molecule has 4 rings (SSSR count). The van der Waals surface area contributed by atoms with E-state index in [1.165, 1.54) is 6.42 Å². The lowest BCUT2D eigenvalue weighted by atomic mass is 9.84. The van der Waals surface area contributed by atoms with Gasteiger partial charge in [-0.15, -0.1) is 0 Å². The highest BCUT2D eigenvalue weighted by Crippen LogP contribution is 2.30. The summed E-state index contributed by atoms with van der Waals surface area (Å²) in [6.45, 7) is 4.34. The zero-order valence-corrected chi connectivity index (χ0v) is 16.8. The monoisotopic (exact) mass is 383 g/mol. The number of hydrogen-bond acceptors (Lipinski definition) is 3. The van der Waals surface area contributed by atoms with E-state index in [1.807, 2.05) is 30.3 Å². The zero-order valence-electron chi connectivity index (χ0n) is 16.8. The van der Waals surface area contributed by atoms with Crippen molar-refractivity contribution in [3.8, 4) is 0 Å². The Morgan fingerprint density at radius 1 is 0.893 bits per heavy atom. The summed E-state index contributed by atoms with van der Waals surface area (Å²) in [5.41, 5.74) is 1.15. The highest BCUT2D eigenvalue weighted by molar-refractivity contribution is 5.80. The first-order valence-corrected chi connectivity index (χ1v) is 11.0. The van der Waals surface area contributed by atoms with Gasteiger partial charge >= 0.3 is 0 Å². The third kappa shape index (κ3) is 4.57. The van der Waals surface area contributed by atoms with E-state index in [4.69, 9.17) is 0 Å². The molecular formula is C23H33N3O2. The predicted octanol–water partition coefficient (Wildman–Crippen LogP) is 2.81. The highest BCUT2D eigenvalue weighted by Gasteiger charge is 2.35. The Bertz CT molecular complexity index is 666. The van der Waals surface area contributed by atoms with Crippen LogP contribution in [0.5, 0.6) is 0 Å². The summed E-state index contributed by atoms with van der Waals surface area (Å²) in [5, 5.41) is 3.12. The van der Waals surface area contributed by atoms with Crippen LogP contribution in [0.4, 0.5) is 0 Å². The minimum atomic E-state index is 0.0899. The number of carbonyl (C=O) groups is 2. The minimum Gasteiger partial charge on any atom is -0.352 e. The molecule has 1 aliphatic carbocycles. The van der Waals surface area contributed by atoms with Crippen LogP contribution in [0.15, 0.2) is 30.3 Å².